The van der Waals surface area contributed by atoms with Crippen molar-refractivity contribution in [2.24, 2.45) is 0 Å². The zero-order valence-corrected chi connectivity index (χ0v) is 11.0. The van der Waals surface area contributed by atoms with E-state index in [1.54, 1.807) is 0 Å². The molecule has 0 aliphatic carbocycles. The van der Waals surface area contributed by atoms with Crippen LogP contribution < -0.4 is 10.6 Å². The van der Waals surface area contributed by atoms with Gasteiger partial charge in [0.25, 0.3) is 5.91 Å². The van der Waals surface area contributed by atoms with Gasteiger partial charge >= 0.3 is 0 Å². The van der Waals surface area contributed by atoms with Gasteiger partial charge in [-0.1, -0.05) is 28.8 Å². The fourth-order valence-corrected chi connectivity index (χ4v) is 2.23. The van der Waals surface area contributed by atoms with Gasteiger partial charge in [-0.2, -0.15) is 0 Å². The number of benzene rings is 1. The number of aryl methyl sites for hydroxylation is 2. The van der Waals surface area contributed by atoms with Crippen LogP contribution in [0.3, 0.4) is 0 Å². The van der Waals surface area contributed by atoms with Crippen molar-refractivity contribution in [2.75, 3.05) is 19.6 Å². The fraction of sp³-hybridized carbons (Fsp3) is 0.400. The summed E-state index contributed by atoms with van der Waals surface area (Å²) in [4.78, 5) is 12.0. The molecule has 18 heavy (non-hydrogen) atoms. The number of carbonyl (C=O) groups excluding carboxylic acids is 1. The van der Waals surface area contributed by atoms with E-state index in [0.717, 1.165) is 36.2 Å². The number of rotatable bonds is 3. The van der Waals surface area contributed by atoms with Crippen molar-refractivity contribution in [1.82, 2.24) is 10.6 Å². The van der Waals surface area contributed by atoms with Crippen molar-refractivity contribution in [3.8, 4) is 0 Å². The summed E-state index contributed by atoms with van der Waals surface area (Å²) in [7, 11) is 0. The van der Waals surface area contributed by atoms with E-state index in [1.807, 2.05) is 26.0 Å². The number of nitrogens with one attached hydrogen (secondary N) is 2. The van der Waals surface area contributed by atoms with Crippen LogP contribution in [0.2, 0.25) is 0 Å². The Balaban J connectivity index is 1.97. The molecule has 1 amide bonds. The quantitative estimate of drug-likeness (QED) is 0.798. The highest BCUT2D eigenvalue weighted by atomic mass is 16.1. The highest BCUT2D eigenvalue weighted by Gasteiger charge is 2.08. The molecule has 0 unspecified atom stereocenters. The Morgan fingerprint density at radius 3 is 2.61 bits per heavy atom. The van der Waals surface area contributed by atoms with E-state index in [2.05, 4.69) is 22.8 Å². The molecule has 0 fully saturated rings. The minimum absolute atomic E-state index is 0.0150. The summed E-state index contributed by atoms with van der Waals surface area (Å²) in [6.45, 7) is 6.60. The van der Waals surface area contributed by atoms with Crippen LogP contribution in [-0.2, 0) is 0 Å². The van der Waals surface area contributed by atoms with Crippen LogP contribution in [0.4, 0.5) is 0 Å². The Morgan fingerprint density at radius 2 is 2.00 bits per heavy atom. The van der Waals surface area contributed by atoms with Crippen LogP contribution in [0.5, 0.6) is 0 Å². The minimum Gasteiger partial charge on any atom is -0.348 e. The Bertz CT molecular complexity index is 457. The summed E-state index contributed by atoms with van der Waals surface area (Å²) in [5.41, 5.74) is 4.32. The lowest BCUT2D eigenvalue weighted by Crippen LogP contribution is -2.29. The largest absolute Gasteiger partial charge is 0.348 e. The van der Waals surface area contributed by atoms with Crippen LogP contribution in [-0.4, -0.2) is 25.5 Å². The summed E-state index contributed by atoms with van der Waals surface area (Å²) in [5, 5.41) is 6.25. The maximum atomic E-state index is 12.0. The highest BCUT2D eigenvalue weighted by Crippen LogP contribution is 2.09. The van der Waals surface area contributed by atoms with Gasteiger partial charge in [-0.25, -0.2) is 0 Å². The van der Waals surface area contributed by atoms with Gasteiger partial charge in [-0.3, -0.25) is 4.79 Å². The minimum atomic E-state index is 0.0150. The van der Waals surface area contributed by atoms with E-state index in [0.29, 0.717) is 6.54 Å². The van der Waals surface area contributed by atoms with Crippen molar-refractivity contribution in [3.05, 3.63) is 46.5 Å². The second-order valence-electron chi connectivity index (χ2n) is 4.88. The predicted molar refractivity (Wildman–Crippen MR) is 73.8 cm³/mol. The first-order chi connectivity index (χ1) is 8.65. The van der Waals surface area contributed by atoms with Gasteiger partial charge in [0, 0.05) is 18.7 Å². The first-order valence-corrected chi connectivity index (χ1v) is 6.40. The molecule has 2 N–H and O–H groups in total. The third-order valence-electron chi connectivity index (χ3n) is 3.12. The van der Waals surface area contributed by atoms with Crippen LogP contribution >= 0.6 is 0 Å². The molecular formula is C15H20N2O. The van der Waals surface area contributed by atoms with Crippen molar-refractivity contribution in [3.63, 3.8) is 0 Å². The molecule has 0 atom stereocenters. The van der Waals surface area contributed by atoms with Gasteiger partial charge in [0.1, 0.15) is 0 Å². The molecule has 1 aliphatic heterocycles. The smallest absolute Gasteiger partial charge is 0.251 e. The third-order valence-corrected chi connectivity index (χ3v) is 3.12. The van der Waals surface area contributed by atoms with E-state index in [4.69, 9.17) is 0 Å². The van der Waals surface area contributed by atoms with E-state index in [-0.39, 0.29) is 5.91 Å². The Hall–Kier alpha value is -1.61. The van der Waals surface area contributed by atoms with E-state index < -0.39 is 0 Å². The molecule has 3 heteroatoms. The van der Waals surface area contributed by atoms with Gasteiger partial charge in [0.2, 0.25) is 0 Å². The summed E-state index contributed by atoms with van der Waals surface area (Å²) in [5.74, 6) is 0.0150. The van der Waals surface area contributed by atoms with Crippen molar-refractivity contribution in [1.29, 1.82) is 0 Å². The zero-order valence-electron chi connectivity index (χ0n) is 11.0. The summed E-state index contributed by atoms with van der Waals surface area (Å²) >= 11 is 0. The second kappa shape index (κ2) is 5.83. The maximum Gasteiger partial charge on any atom is 0.251 e. The number of hydrogen-bond acceptors (Lipinski definition) is 2. The molecule has 0 bridgehead atoms. The van der Waals surface area contributed by atoms with Gasteiger partial charge in [0.05, 0.1) is 0 Å². The monoisotopic (exact) mass is 244 g/mol. The number of carbonyl (C=O) groups is 1. The topological polar surface area (TPSA) is 41.1 Å². The molecular weight excluding hydrogens is 224 g/mol. The normalized spacial score (nSPS) is 15.1. The van der Waals surface area contributed by atoms with Crippen LogP contribution in [0.1, 0.15) is 27.9 Å². The molecule has 2 rings (SSSR count). The third kappa shape index (κ3) is 3.44. The number of hydrogen-bond donors (Lipinski definition) is 2. The first-order valence-electron chi connectivity index (χ1n) is 6.40. The van der Waals surface area contributed by atoms with Crippen LogP contribution in [0, 0.1) is 13.8 Å². The average molecular weight is 244 g/mol. The molecule has 0 saturated heterocycles. The Kier molecular flexibility index (Phi) is 4.15. The maximum absolute atomic E-state index is 12.0. The van der Waals surface area contributed by atoms with Gasteiger partial charge < -0.3 is 10.6 Å². The molecule has 1 aromatic carbocycles. The van der Waals surface area contributed by atoms with Crippen molar-refractivity contribution < 1.29 is 4.79 Å². The molecule has 0 radical (unpaired) electrons. The lowest BCUT2D eigenvalue weighted by atomic mass is 10.1. The SMILES string of the molecule is Cc1cc(C)cc(C(=O)NCC2=CCNCC2)c1. The standard InChI is InChI=1S/C15H20N2O/c1-11-7-12(2)9-14(8-11)15(18)17-10-13-3-5-16-6-4-13/h3,7-9,16H,4-6,10H2,1-2H3,(H,17,18). The molecule has 0 aromatic heterocycles. The molecule has 1 aliphatic rings. The van der Waals surface area contributed by atoms with Crippen molar-refractivity contribution in [2.45, 2.75) is 20.3 Å². The Morgan fingerprint density at radius 1 is 1.28 bits per heavy atom. The molecule has 1 aromatic rings. The Labute approximate surface area is 108 Å². The predicted octanol–water partition coefficient (Wildman–Crippen LogP) is 1.95. The second-order valence-corrected chi connectivity index (χ2v) is 4.88. The molecule has 96 valence electrons. The molecule has 0 saturated carbocycles. The molecule has 1 heterocycles. The summed E-state index contributed by atoms with van der Waals surface area (Å²) in [6.07, 6.45) is 3.18. The van der Waals surface area contributed by atoms with Crippen molar-refractivity contribution >= 4 is 5.91 Å². The van der Waals surface area contributed by atoms with Gasteiger partial charge in [0.15, 0.2) is 0 Å². The average Bonchev–Trinajstić information content (AvgIpc) is 2.36. The van der Waals surface area contributed by atoms with Gasteiger partial charge in [-0.15, -0.1) is 0 Å². The van der Waals surface area contributed by atoms with Gasteiger partial charge in [-0.05, 0) is 38.9 Å². The zero-order chi connectivity index (χ0) is 13.0. The fourth-order valence-electron chi connectivity index (χ4n) is 2.23. The van der Waals surface area contributed by atoms with E-state index in [9.17, 15) is 4.79 Å². The molecule has 0 spiro atoms. The summed E-state index contributed by atoms with van der Waals surface area (Å²) < 4.78 is 0. The van der Waals surface area contributed by atoms with E-state index in [1.165, 1.54) is 5.57 Å². The summed E-state index contributed by atoms with van der Waals surface area (Å²) in [6, 6.07) is 5.93. The highest BCUT2D eigenvalue weighted by molar-refractivity contribution is 5.94. The molecule has 3 nitrogen and oxygen atoms in total. The lowest BCUT2D eigenvalue weighted by Gasteiger charge is -2.14. The number of amides is 1. The lowest BCUT2D eigenvalue weighted by molar-refractivity contribution is 0.0956. The van der Waals surface area contributed by atoms with Crippen LogP contribution in [0.15, 0.2) is 29.8 Å². The van der Waals surface area contributed by atoms with E-state index >= 15 is 0 Å². The van der Waals surface area contributed by atoms with Crippen LogP contribution in [0.25, 0.3) is 0 Å². The first kappa shape index (κ1) is 12.8.